The lowest BCUT2D eigenvalue weighted by atomic mass is 10.2. The van der Waals surface area contributed by atoms with E-state index in [1.807, 2.05) is 38.1 Å². The minimum atomic E-state index is -1.08. The fraction of sp³-hybridized carbons (Fsp3) is 0.200. The van der Waals surface area contributed by atoms with Gasteiger partial charge in [-0.1, -0.05) is 0 Å². The van der Waals surface area contributed by atoms with Crippen molar-refractivity contribution in [1.29, 1.82) is 0 Å². The quantitative estimate of drug-likeness (QED) is 0.782. The van der Waals surface area contributed by atoms with Crippen molar-refractivity contribution < 1.29 is 14.6 Å². The Labute approximate surface area is 122 Å². The summed E-state index contributed by atoms with van der Waals surface area (Å²) in [6.07, 6.45) is 1.43. The van der Waals surface area contributed by atoms with Crippen molar-refractivity contribution in [3.8, 4) is 5.75 Å². The van der Waals surface area contributed by atoms with Gasteiger partial charge in [-0.15, -0.1) is 0 Å². The summed E-state index contributed by atoms with van der Waals surface area (Å²) in [6, 6.07) is 8.72. The molecule has 6 heteroatoms. The van der Waals surface area contributed by atoms with Crippen molar-refractivity contribution in [2.45, 2.75) is 20.0 Å². The van der Waals surface area contributed by atoms with Crippen LogP contribution in [0.5, 0.6) is 5.75 Å². The number of hydrogen-bond acceptors (Lipinski definition) is 5. The zero-order valence-corrected chi connectivity index (χ0v) is 11.8. The molecule has 0 saturated heterocycles. The van der Waals surface area contributed by atoms with Crippen molar-refractivity contribution in [3.63, 3.8) is 0 Å². The average molecular weight is 287 g/mol. The first kappa shape index (κ1) is 14.6. The van der Waals surface area contributed by atoms with E-state index in [2.05, 4.69) is 10.3 Å². The molecule has 0 aliphatic heterocycles. The molecule has 2 aromatic rings. The van der Waals surface area contributed by atoms with Crippen molar-refractivity contribution in [2.24, 2.45) is 0 Å². The van der Waals surface area contributed by atoms with Gasteiger partial charge in [-0.2, -0.15) is 0 Å². The van der Waals surface area contributed by atoms with E-state index in [1.54, 1.807) is 0 Å². The predicted molar refractivity (Wildman–Crippen MR) is 81.1 cm³/mol. The first-order valence-corrected chi connectivity index (χ1v) is 6.48. The van der Waals surface area contributed by atoms with Crippen LogP contribution in [0.3, 0.4) is 0 Å². The molecule has 0 radical (unpaired) electrons. The maximum absolute atomic E-state index is 11.0. The summed E-state index contributed by atoms with van der Waals surface area (Å²) < 4.78 is 5.55. The number of carboxylic acids is 1. The summed E-state index contributed by atoms with van der Waals surface area (Å²) in [7, 11) is 0. The summed E-state index contributed by atoms with van der Waals surface area (Å²) in [5.74, 6) is 0.102. The van der Waals surface area contributed by atoms with E-state index in [-0.39, 0.29) is 17.4 Å². The fourth-order valence-electron chi connectivity index (χ4n) is 1.76. The smallest absolute Gasteiger partial charge is 0.337 e. The number of nitrogens with zero attached hydrogens (tertiary/aromatic N) is 1. The second-order valence-corrected chi connectivity index (χ2v) is 4.78. The van der Waals surface area contributed by atoms with Crippen molar-refractivity contribution in [3.05, 3.63) is 42.1 Å². The Morgan fingerprint density at radius 2 is 2.00 bits per heavy atom. The predicted octanol–water partition coefficient (Wildman–Crippen LogP) is 2.89. The number of benzene rings is 1. The molecule has 1 aromatic heterocycles. The molecule has 2 rings (SSSR count). The van der Waals surface area contributed by atoms with E-state index < -0.39 is 5.97 Å². The van der Waals surface area contributed by atoms with Crippen LogP contribution in [-0.4, -0.2) is 22.2 Å². The number of pyridine rings is 1. The first-order chi connectivity index (χ1) is 9.95. The number of carboxylic acid groups (broad SMARTS) is 1. The van der Waals surface area contributed by atoms with Crippen molar-refractivity contribution in [1.82, 2.24) is 4.98 Å². The lowest BCUT2D eigenvalue weighted by molar-refractivity contribution is 0.0698. The van der Waals surface area contributed by atoms with Crippen LogP contribution in [0.1, 0.15) is 24.2 Å². The topological polar surface area (TPSA) is 97.5 Å². The number of nitrogen functional groups attached to an aromatic ring is 1. The summed E-state index contributed by atoms with van der Waals surface area (Å²) >= 11 is 0. The number of anilines is 3. The highest BCUT2D eigenvalue weighted by molar-refractivity contribution is 5.94. The monoisotopic (exact) mass is 287 g/mol. The maximum Gasteiger partial charge on any atom is 0.337 e. The highest BCUT2D eigenvalue weighted by Crippen LogP contribution is 2.21. The van der Waals surface area contributed by atoms with Crippen molar-refractivity contribution in [2.75, 3.05) is 11.1 Å². The molecule has 0 aliphatic carbocycles. The van der Waals surface area contributed by atoms with Gasteiger partial charge in [0.05, 0.1) is 23.6 Å². The van der Waals surface area contributed by atoms with Gasteiger partial charge in [0, 0.05) is 5.69 Å². The lowest BCUT2D eigenvalue weighted by Crippen LogP contribution is -2.06. The lowest BCUT2D eigenvalue weighted by Gasteiger charge is -2.11. The molecule has 0 unspecified atom stereocenters. The van der Waals surface area contributed by atoms with Gasteiger partial charge in [0.1, 0.15) is 11.6 Å². The van der Waals surface area contributed by atoms with E-state index in [1.165, 1.54) is 12.3 Å². The molecule has 0 atom stereocenters. The van der Waals surface area contributed by atoms with E-state index in [0.29, 0.717) is 5.82 Å². The molecular weight excluding hydrogens is 270 g/mol. The first-order valence-electron chi connectivity index (χ1n) is 6.48. The van der Waals surface area contributed by atoms with Gasteiger partial charge in [-0.25, -0.2) is 9.78 Å². The molecule has 0 aliphatic rings. The van der Waals surface area contributed by atoms with Gasteiger partial charge < -0.3 is 20.9 Å². The van der Waals surface area contributed by atoms with Crippen LogP contribution in [0.25, 0.3) is 0 Å². The molecule has 6 nitrogen and oxygen atoms in total. The van der Waals surface area contributed by atoms with Crippen LogP contribution in [0.4, 0.5) is 17.2 Å². The molecule has 0 bridgehead atoms. The van der Waals surface area contributed by atoms with Gasteiger partial charge in [0.15, 0.2) is 0 Å². The highest BCUT2D eigenvalue weighted by atomic mass is 16.5. The summed E-state index contributed by atoms with van der Waals surface area (Å²) in [6.45, 7) is 3.91. The van der Waals surface area contributed by atoms with E-state index >= 15 is 0 Å². The third kappa shape index (κ3) is 3.85. The SMILES string of the molecule is CC(C)Oc1ccc(Nc2cc(C(=O)O)c(N)cn2)cc1. The Kier molecular flexibility index (Phi) is 4.27. The second kappa shape index (κ2) is 6.13. The third-order valence-corrected chi connectivity index (χ3v) is 2.66. The van der Waals surface area contributed by atoms with Gasteiger partial charge in [-0.3, -0.25) is 0 Å². The van der Waals surface area contributed by atoms with Gasteiger partial charge in [0.2, 0.25) is 0 Å². The Balaban J connectivity index is 2.14. The molecule has 0 fully saturated rings. The maximum atomic E-state index is 11.0. The van der Waals surface area contributed by atoms with Crippen molar-refractivity contribution >= 4 is 23.2 Å². The molecule has 1 aromatic carbocycles. The van der Waals surface area contributed by atoms with Gasteiger partial charge >= 0.3 is 5.97 Å². The molecule has 4 N–H and O–H groups in total. The number of nitrogens with one attached hydrogen (secondary N) is 1. The molecule has 0 amide bonds. The number of rotatable bonds is 5. The van der Waals surface area contributed by atoms with E-state index in [9.17, 15) is 4.79 Å². The largest absolute Gasteiger partial charge is 0.491 e. The molecule has 1 heterocycles. The minimum Gasteiger partial charge on any atom is -0.491 e. The van der Waals surface area contributed by atoms with Gasteiger partial charge in [-0.05, 0) is 44.2 Å². The van der Waals surface area contributed by atoms with Crippen LogP contribution in [0.15, 0.2) is 36.5 Å². The van der Waals surface area contributed by atoms with E-state index in [4.69, 9.17) is 15.6 Å². The average Bonchev–Trinajstić information content (AvgIpc) is 2.42. The Morgan fingerprint density at radius 3 is 2.57 bits per heavy atom. The van der Waals surface area contributed by atoms with Crippen LogP contribution < -0.4 is 15.8 Å². The number of carbonyl (C=O) groups is 1. The fourth-order valence-corrected chi connectivity index (χ4v) is 1.76. The third-order valence-electron chi connectivity index (χ3n) is 2.66. The number of hydrogen-bond donors (Lipinski definition) is 3. The molecular formula is C15H17N3O3. The van der Waals surface area contributed by atoms with Crippen LogP contribution >= 0.6 is 0 Å². The van der Waals surface area contributed by atoms with Gasteiger partial charge in [0.25, 0.3) is 0 Å². The zero-order valence-electron chi connectivity index (χ0n) is 11.8. The number of aromatic nitrogens is 1. The van der Waals surface area contributed by atoms with E-state index in [0.717, 1.165) is 11.4 Å². The summed E-state index contributed by atoms with van der Waals surface area (Å²) in [5, 5.41) is 12.0. The number of aromatic carboxylic acids is 1. The molecule has 0 spiro atoms. The normalized spacial score (nSPS) is 10.4. The minimum absolute atomic E-state index is 0.0206. The Hall–Kier alpha value is -2.76. The molecule has 0 saturated carbocycles. The Bertz CT molecular complexity index is 639. The second-order valence-electron chi connectivity index (χ2n) is 4.78. The standard InChI is InChI=1S/C15H17N3O3/c1-9(2)21-11-5-3-10(4-6-11)18-14-7-12(15(19)20)13(16)8-17-14/h3-9H,16H2,1-2H3,(H,17,18)(H,19,20). The number of nitrogens with two attached hydrogens (primary N) is 1. The van der Waals surface area contributed by atoms with Crippen LogP contribution in [0, 0.1) is 0 Å². The highest BCUT2D eigenvalue weighted by Gasteiger charge is 2.09. The van der Waals surface area contributed by atoms with Crippen LogP contribution in [-0.2, 0) is 0 Å². The molecule has 110 valence electrons. The summed E-state index contributed by atoms with van der Waals surface area (Å²) in [4.78, 5) is 15.1. The van der Waals surface area contributed by atoms with Crippen LogP contribution in [0.2, 0.25) is 0 Å². The zero-order chi connectivity index (χ0) is 15.4. The number of ether oxygens (including phenoxy) is 1. The summed E-state index contributed by atoms with van der Waals surface area (Å²) in [5.41, 5.74) is 6.49. The molecule has 21 heavy (non-hydrogen) atoms. The Morgan fingerprint density at radius 1 is 1.33 bits per heavy atom.